The Balaban J connectivity index is 2.57. The Morgan fingerprint density at radius 1 is 1.24 bits per heavy atom. The van der Waals surface area contributed by atoms with Crippen LogP contribution in [-0.4, -0.2) is 42.5 Å². The number of rotatable bonds is 3. The number of hydrogen-bond donors (Lipinski definition) is 0. The van der Waals surface area contributed by atoms with E-state index in [0.29, 0.717) is 17.9 Å². The van der Waals surface area contributed by atoms with Crippen LogP contribution in [0.15, 0.2) is 41.6 Å². The fourth-order valence-electron chi connectivity index (χ4n) is 2.56. The Morgan fingerprint density at radius 2 is 1.86 bits per heavy atom. The van der Waals surface area contributed by atoms with E-state index in [4.69, 9.17) is 4.74 Å². The first kappa shape index (κ1) is 15.1. The molecule has 1 aliphatic rings. The zero-order valence-electron chi connectivity index (χ0n) is 12.8. The van der Waals surface area contributed by atoms with Crippen molar-refractivity contribution in [3.8, 4) is 0 Å². The van der Waals surface area contributed by atoms with Crippen molar-refractivity contribution < 1.29 is 14.3 Å². The van der Waals surface area contributed by atoms with E-state index in [1.54, 1.807) is 32.8 Å². The van der Waals surface area contributed by atoms with Crippen LogP contribution in [0.3, 0.4) is 0 Å². The summed E-state index contributed by atoms with van der Waals surface area (Å²) < 4.78 is 5.17. The van der Waals surface area contributed by atoms with E-state index in [-0.39, 0.29) is 12.0 Å². The van der Waals surface area contributed by atoms with Gasteiger partial charge in [0.25, 0.3) is 0 Å². The maximum atomic E-state index is 12.3. The van der Waals surface area contributed by atoms with E-state index in [2.05, 4.69) is 0 Å². The molecule has 0 spiro atoms. The topological polar surface area (TPSA) is 49.9 Å². The number of amides is 2. The molecule has 1 atom stereocenters. The highest BCUT2D eigenvalue weighted by molar-refractivity contribution is 5.94. The smallest absolute Gasteiger partial charge is 0.338 e. The Kier molecular flexibility index (Phi) is 4.31. The maximum Gasteiger partial charge on any atom is 0.338 e. The van der Waals surface area contributed by atoms with Gasteiger partial charge >= 0.3 is 12.0 Å². The number of allylic oxidation sites excluding steroid dienone is 1. The largest absolute Gasteiger partial charge is 0.463 e. The molecule has 0 N–H and O–H groups in total. The summed E-state index contributed by atoms with van der Waals surface area (Å²) >= 11 is 0. The van der Waals surface area contributed by atoms with Crippen molar-refractivity contribution >= 4 is 12.0 Å². The summed E-state index contributed by atoms with van der Waals surface area (Å²) in [4.78, 5) is 27.7. The van der Waals surface area contributed by atoms with Crippen molar-refractivity contribution in [1.29, 1.82) is 0 Å². The molecule has 2 amide bonds. The fraction of sp³-hybridized carbons (Fsp3) is 0.375. The second-order valence-electron chi connectivity index (χ2n) is 4.99. The van der Waals surface area contributed by atoms with Gasteiger partial charge in [-0.25, -0.2) is 9.59 Å². The van der Waals surface area contributed by atoms with E-state index in [9.17, 15) is 9.59 Å². The molecule has 0 fully saturated rings. The molecule has 1 aromatic rings. The lowest BCUT2D eigenvalue weighted by atomic mass is 9.94. The van der Waals surface area contributed by atoms with E-state index in [1.165, 1.54) is 4.90 Å². The minimum atomic E-state index is -0.422. The molecule has 2 rings (SSSR count). The fourth-order valence-corrected chi connectivity index (χ4v) is 2.56. The molecule has 0 saturated carbocycles. The van der Waals surface area contributed by atoms with Gasteiger partial charge in [-0.1, -0.05) is 30.3 Å². The lowest BCUT2D eigenvalue weighted by molar-refractivity contribution is -0.139. The molecule has 0 radical (unpaired) electrons. The third-order valence-electron chi connectivity index (χ3n) is 3.75. The second-order valence-corrected chi connectivity index (χ2v) is 4.99. The maximum absolute atomic E-state index is 12.3. The van der Waals surface area contributed by atoms with Crippen LogP contribution in [0.2, 0.25) is 0 Å². The number of likely N-dealkylation sites (N-methyl/N-ethyl adjacent to an activating group) is 1. The van der Waals surface area contributed by atoms with Gasteiger partial charge in [0.2, 0.25) is 0 Å². The zero-order valence-corrected chi connectivity index (χ0v) is 12.8. The van der Waals surface area contributed by atoms with Crippen molar-refractivity contribution in [1.82, 2.24) is 9.80 Å². The molecule has 5 heteroatoms. The molecular formula is C16H20N2O3. The van der Waals surface area contributed by atoms with Gasteiger partial charge in [0.1, 0.15) is 0 Å². The normalized spacial score (nSPS) is 19.0. The summed E-state index contributed by atoms with van der Waals surface area (Å²) in [6.45, 7) is 3.85. The van der Waals surface area contributed by atoms with Gasteiger partial charge in [0.05, 0.1) is 18.2 Å². The number of carbonyl (C=O) groups excluding carboxylic acids is 2. The molecule has 0 aromatic heterocycles. The van der Waals surface area contributed by atoms with Crippen LogP contribution < -0.4 is 0 Å². The summed E-state index contributed by atoms with van der Waals surface area (Å²) in [6, 6.07) is 8.94. The van der Waals surface area contributed by atoms with Gasteiger partial charge in [0, 0.05) is 19.8 Å². The number of carbonyl (C=O) groups is 2. The lowest BCUT2D eigenvalue weighted by Crippen LogP contribution is -2.47. The third kappa shape index (κ3) is 2.63. The lowest BCUT2D eigenvalue weighted by Gasteiger charge is -2.39. The highest BCUT2D eigenvalue weighted by Gasteiger charge is 2.38. The minimum absolute atomic E-state index is 0.144. The third-order valence-corrected chi connectivity index (χ3v) is 3.75. The van der Waals surface area contributed by atoms with E-state index < -0.39 is 6.04 Å². The highest BCUT2D eigenvalue weighted by atomic mass is 16.5. The number of ether oxygens (including phenoxy) is 1. The number of nitrogens with zero attached hydrogens (tertiary/aromatic N) is 2. The molecule has 1 heterocycles. The molecule has 1 aliphatic heterocycles. The summed E-state index contributed by atoms with van der Waals surface area (Å²) in [5, 5.41) is 0. The Morgan fingerprint density at radius 3 is 2.43 bits per heavy atom. The zero-order chi connectivity index (χ0) is 15.6. The molecule has 0 unspecified atom stereocenters. The van der Waals surface area contributed by atoms with Gasteiger partial charge in [-0.2, -0.15) is 0 Å². The number of urea groups is 1. The number of esters is 1. The van der Waals surface area contributed by atoms with Crippen molar-refractivity contribution in [2.75, 3.05) is 20.7 Å². The van der Waals surface area contributed by atoms with Crippen LogP contribution in [0.1, 0.15) is 25.5 Å². The van der Waals surface area contributed by atoms with Crippen LogP contribution in [0.25, 0.3) is 0 Å². The van der Waals surface area contributed by atoms with Crippen LogP contribution in [-0.2, 0) is 9.53 Å². The van der Waals surface area contributed by atoms with Crippen molar-refractivity contribution in [3.05, 3.63) is 47.2 Å². The van der Waals surface area contributed by atoms with Gasteiger partial charge in [-0.15, -0.1) is 0 Å². The van der Waals surface area contributed by atoms with Gasteiger partial charge in [0.15, 0.2) is 0 Å². The Bertz CT molecular complexity index is 580. The predicted molar refractivity (Wildman–Crippen MR) is 79.4 cm³/mol. The van der Waals surface area contributed by atoms with E-state index in [1.807, 2.05) is 30.3 Å². The number of hydrogen-bond acceptors (Lipinski definition) is 3. The van der Waals surface area contributed by atoms with Crippen LogP contribution in [0.4, 0.5) is 4.79 Å². The Labute approximate surface area is 124 Å². The predicted octanol–water partition coefficient (Wildman–Crippen LogP) is 2.56. The highest BCUT2D eigenvalue weighted by Crippen LogP contribution is 2.35. The van der Waals surface area contributed by atoms with Crippen LogP contribution >= 0.6 is 0 Å². The standard InChI is InChI=1S/C16H20N2O3/c1-5-21-15(19)13-11(2)17(3)16(20)18(4)14(13)12-9-7-6-8-10-12/h6-10,14H,5H2,1-4H3/t14-/m0/s1. The first-order valence-electron chi connectivity index (χ1n) is 6.92. The van der Waals surface area contributed by atoms with E-state index in [0.717, 1.165) is 5.56 Å². The molecule has 1 aromatic carbocycles. The summed E-state index contributed by atoms with van der Waals surface area (Å²) in [5.41, 5.74) is 2.03. The molecule has 0 bridgehead atoms. The van der Waals surface area contributed by atoms with Gasteiger partial charge < -0.3 is 14.5 Å². The van der Waals surface area contributed by atoms with Gasteiger partial charge in [-0.3, -0.25) is 0 Å². The SMILES string of the molecule is CCOC(=O)C1=C(C)N(C)C(=O)N(C)[C@H]1c1ccccc1. The molecule has 0 aliphatic carbocycles. The number of benzene rings is 1. The van der Waals surface area contributed by atoms with E-state index >= 15 is 0 Å². The summed E-state index contributed by atoms with van der Waals surface area (Å²) in [6.07, 6.45) is 0. The average molecular weight is 288 g/mol. The quantitative estimate of drug-likeness (QED) is 0.803. The van der Waals surface area contributed by atoms with Gasteiger partial charge in [-0.05, 0) is 19.4 Å². The van der Waals surface area contributed by atoms with Crippen LogP contribution in [0, 0.1) is 0 Å². The average Bonchev–Trinajstić information content (AvgIpc) is 2.49. The van der Waals surface area contributed by atoms with Crippen molar-refractivity contribution in [3.63, 3.8) is 0 Å². The molecule has 0 saturated heterocycles. The monoisotopic (exact) mass is 288 g/mol. The Hall–Kier alpha value is -2.30. The first-order valence-corrected chi connectivity index (χ1v) is 6.92. The molecule has 21 heavy (non-hydrogen) atoms. The first-order chi connectivity index (χ1) is 9.99. The van der Waals surface area contributed by atoms with Crippen molar-refractivity contribution in [2.24, 2.45) is 0 Å². The second kappa shape index (κ2) is 5.99. The molecular weight excluding hydrogens is 268 g/mol. The summed E-state index contributed by atoms with van der Waals surface area (Å²) in [5.74, 6) is -0.380. The summed E-state index contributed by atoms with van der Waals surface area (Å²) in [7, 11) is 3.36. The van der Waals surface area contributed by atoms with Crippen LogP contribution in [0.5, 0.6) is 0 Å². The molecule has 5 nitrogen and oxygen atoms in total. The molecule has 112 valence electrons. The minimum Gasteiger partial charge on any atom is -0.463 e. The van der Waals surface area contributed by atoms with Crippen molar-refractivity contribution in [2.45, 2.75) is 19.9 Å².